The summed E-state index contributed by atoms with van der Waals surface area (Å²) in [6, 6.07) is 12.0. The number of H-pyrrole nitrogens is 1. The van der Waals surface area contributed by atoms with Crippen LogP contribution in [0.25, 0.3) is 10.9 Å². The van der Waals surface area contributed by atoms with Gasteiger partial charge in [-0.2, -0.15) is 11.8 Å². The maximum absolute atomic E-state index is 13.5. The van der Waals surface area contributed by atoms with Crippen molar-refractivity contribution in [3.05, 3.63) is 71.9 Å². The molecule has 4 atom stereocenters. The molecule has 3 aromatic rings. The molecular formula is C30H38N6O6S. The first-order chi connectivity index (χ1) is 20.6. The van der Waals surface area contributed by atoms with Gasteiger partial charge >= 0.3 is 5.97 Å². The number of primary amides is 1. The van der Waals surface area contributed by atoms with E-state index in [0.717, 1.165) is 22.0 Å². The Morgan fingerprint density at radius 1 is 0.837 bits per heavy atom. The molecule has 0 saturated carbocycles. The molecule has 0 aliphatic rings. The molecule has 0 aliphatic carbocycles. The number of rotatable bonds is 17. The largest absolute Gasteiger partial charge is 0.480 e. The van der Waals surface area contributed by atoms with Crippen molar-refractivity contribution < 1.29 is 29.1 Å². The van der Waals surface area contributed by atoms with Gasteiger partial charge in [0.25, 0.3) is 0 Å². The van der Waals surface area contributed by atoms with Crippen LogP contribution >= 0.6 is 11.8 Å². The van der Waals surface area contributed by atoms with E-state index in [4.69, 9.17) is 11.5 Å². The summed E-state index contributed by atoms with van der Waals surface area (Å²) < 4.78 is 0. The molecule has 3 rings (SSSR count). The van der Waals surface area contributed by atoms with Crippen molar-refractivity contribution in [2.24, 2.45) is 11.5 Å². The normalized spacial score (nSPS) is 13.8. The summed E-state index contributed by atoms with van der Waals surface area (Å²) in [5.74, 6) is -3.42. The van der Waals surface area contributed by atoms with Crippen LogP contribution in [0, 0.1) is 0 Å². The van der Waals surface area contributed by atoms with E-state index in [0.29, 0.717) is 5.75 Å². The van der Waals surface area contributed by atoms with E-state index in [1.165, 1.54) is 11.8 Å². The molecular weight excluding hydrogens is 572 g/mol. The number of nitrogens with one attached hydrogen (secondary N) is 4. The van der Waals surface area contributed by atoms with Crippen LogP contribution in [-0.2, 0) is 36.8 Å². The zero-order valence-corrected chi connectivity index (χ0v) is 24.7. The zero-order valence-electron chi connectivity index (χ0n) is 23.9. The Hall–Kier alpha value is -4.36. The fraction of sp³-hybridized carbons (Fsp3) is 0.367. The van der Waals surface area contributed by atoms with Crippen LogP contribution < -0.4 is 27.4 Å². The lowest BCUT2D eigenvalue weighted by Crippen LogP contribution is -2.58. The highest BCUT2D eigenvalue weighted by atomic mass is 32.2. The first-order valence-electron chi connectivity index (χ1n) is 13.8. The number of carbonyl (C=O) groups is 5. The lowest BCUT2D eigenvalue weighted by molar-refractivity contribution is -0.142. The Morgan fingerprint density at radius 2 is 1.47 bits per heavy atom. The lowest BCUT2D eigenvalue weighted by atomic mass is 10.0. The fourth-order valence-electron chi connectivity index (χ4n) is 4.56. The summed E-state index contributed by atoms with van der Waals surface area (Å²) in [5.41, 5.74) is 13.8. The summed E-state index contributed by atoms with van der Waals surface area (Å²) >= 11 is 1.44. The van der Waals surface area contributed by atoms with Gasteiger partial charge in [0.2, 0.25) is 23.6 Å². The van der Waals surface area contributed by atoms with Crippen LogP contribution in [0.3, 0.4) is 0 Å². The zero-order chi connectivity index (χ0) is 31.4. The maximum atomic E-state index is 13.5. The van der Waals surface area contributed by atoms with E-state index in [1.54, 1.807) is 6.20 Å². The fourth-order valence-corrected chi connectivity index (χ4v) is 5.03. The van der Waals surface area contributed by atoms with Gasteiger partial charge in [-0.15, -0.1) is 0 Å². The highest BCUT2D eigenvalue weighted by Gasteiger charge is 2.31. The van der Waals surface area contributed by atoms with Gasteiger partial charge in [0.05, 0.1) is 6.04 Å². The molecule has 2 aromatic carbocycles. The monoisotopic (exact) mass is 610 g/mol. The van der Waals surface area contributed by atoms with Gasteiger partial charge in [-0.3, -0.25) is 19.2 Å². The van der Waals surface area contributed by atoms with E-state index in [-0.39, 0.29) is 32.1 Å². The van der Waals surface area contributed by atoms with Gasteiger partial charge < -0.3 is 37.5 Å². The third-order valence-electron chi connectivity index (χ3n) is 6.90. The van der Waals surface area contributed by atoms with Gasteiger partial charge in [-0.05, 0) is 48.5 Å². The van der Waals surface area contributed by atoms with Crippen molar-refractivity contribution in [1.29, 1.82) is 0 Å². The molecule has 1 heterocycles. The number of carboxylic acids is 1. The van der Waals surface area contributed by atoms with Crippen LogP contribution in [0.4, 0.5) is 0 Å². The van der Waals surface area contributed by atoms with Gasteiger partial charge in [-0.1, -0.05) is 48.5 Å². The van der Waals surface area contributed by atoms with Gasteiger partial charge in [-0.25, -0.2) is 4.79 Å². The molecule has 4 amide bonds. The van der Waals surface area contributed by atoms with Gasteiger partial charge in [0.1, 0.15) is 18.1 Å². The maximum Gasteiger partial charge on any atom is 0.326 e. The number of para-hydroxylation sites is 1. The molecule has 13 heteroatoms. The number of hydrogen-bond donors (Lipinski definition) is 7. The van der Waals surface area contributed by atoms with Crippen LogP contribution in [0.15, 0.2) is 60.8 Å². The van der Waals surface area contributed by atoms with Crippen LogP contribution in [0.2, 0.25) is 0 Å². The van der Waals surface area contributed by atoms with E-state index < -0.39 is 53.8 Å². The van der Waals surface area contributed by atoms with Crippen LogP contribution in [0.1, 0.15) is 30.4 Å². The number of carbonyl (C=O) groups excluding carboxylic acids is 4. The quantitative estimate of drug-likeness (QED) is 0.116. The Kier molecular flexibility index (Phi) is 12.6. The topological polar surface area (TPSA) is 210 Å². The molecule has 4 unspecified atom stereocenters. The minimum absolute atomic E-state index is 0.0282. The number of benzene rings is 2. The standard InChI is InChI=1S/C30H38N6O6S/c1-43-14-13-24(30(41)42)35-29(40)25(16-19-17-33-22-10-6-5-9-20(19)22)36-28(39)23(11-12-26(32)37)34-27(38)21(31)15-18-7-3-2-4-8-18/h2-10,17,21,23-25,33H,11-16,31H2,1H3,(H2,32,37)(H,34,38)(H,35,40)(H,36,39)(H,41,42). The number of aromatic nitrogens is 1. The molecule has 0 spiro atoms. The predicted molar refractivity (Wildman–Crippen MR) is 165 cm³/mol. The number of hydrogen-bond acceptors (Lipinski definition) is 7. The summed E-state index contributed by atoms with van der Waals surface area (Å²) in [5, 5.41) is 18.3. The van der Waals surface area contributed by atoms with Gasteiger partial charge in [0.15, 0.2) is 0 Å². The average molecular weight is 611 g/mol. The summed E-state index contributed by atoms with van der Waals surface area (Å²) in [6.45, 7) is 0. The smallest absolute Gasteiger partial charge is 0.326 e. The Bertz CT molecular complexity index is 1410. The molecule has 0 bridgehead atoms. The number of nitrogens with two attached hydrogens (primary N) is 2. The van der Waals surface area contributed by atoms with Crippen molar-refractivity contribution in [2.75, 3.05) is 12.0 Å². The molecule has 9 N–H and O–H groups in total. The van der Waals surface area contributed by atoms with Gasteiger partial charge in [0, 0.05) is 29.9 Å². The minimum Gasteiger partial charge on any atom is -0.480 e. The van der Waals surface area contributed by atoms with Crippen molar-refractivity contribution in [3.8, 4) is 0 Å². The number of thioether (sulfide) groups is 1. The Morgan fingerprint density at radius 3 is 2.14 bits per heavy atom. The van der Waals surface area contributed by atoms with E-state index in [2.05, 4.69) is 20.9 Å². The first-order valence-corrected chi connectivity index (χ1v) is 15.2. The SMILES string of the molecule is CSCCC(NC(=O)C(Cc1c[nH]c2ccccc12)NC(=O)C(CCC(N)=O)NC(=O)C(N)Cc1ccccc1)C(=O)O. The van der Waals surface area contributed by atoms with Crippen molar-refractivity contribution in [1.82, 2.24) is 20.9 Å². The average Bonchev–Trinajstić information content (AvgIpc) is 3.39. The molecule has 0 saturated heterocycles. The molecule has 0 fully saturated rings. The number of aromatic amines is 1. The molecule has 43 heavy (non-hydrogen) atoms. The second-order valence-electron chi connectivity index (χ2n) is 10.2. The van der Waals surface area contributed by atoms with Crippen molar-refractivity contribution >= 4 is 52.3 Å². The van der Waals surface area contributed by atoms with E-state index in [9.17, 15) is 29.1 Å². The molecule has 1 aromatic heterocycles. The lowest BCUT2D eigenvalue weighted by Gasteiger charge is -2.25. The van der Waals surface area contributed by atoms with E-state index in [1.807, 2.05) is 60.9 Å². The number of carboxylic acid groups (broad SMARTS) is 1. The number of aliphatic carboxylic acids is 1. The summed E-state index contributed by atoms with van der Waals surface area (Å²) in [4.78, 5) is 66.5. The third-order valence-corrected chi connectivity index (χ3v) is 7.55. The first kappa shape index (κ1) is 33.1. The summed E-state index contributed by atoms with van der Waals surface area (Å²) in [7, 11) is 0. The molecule has 0 radical (unpaired) electrons. The van der Waals surface area contributed by atoms with Crippen LogP contribution in [-0.4, -0.2) is 75.9 Å². The second kappa shape index (κ2) is 16.3. The second-order valence-corrected chi connectivity index (χ2v) is 11.2. The highest BCUT2D eigenvalue weighted by molar-refractivity contribution is 7.98. The number of amides is 4. The molecule has 230 valence electrons. The Balaban J connectivity index is 1.82. The third kappa shape index (κ3) is 10.1. The number of fused-ring (bicyclic) bond motifs is 1. The summed E-state index contributed by atoms with van der Waals surface area (Å²) in [6.07, 6.45) is 3.64. The van der Waals surface area contributed by atoms with Crippen molar-refractivity contribution in [3.63, 3.8) is 0 Å². The molecule has 0 aliphatic heterocycles. The van der Waals surface area contributed by atoms with Crippen molar-refractivity contribution in [2.45, 2.75) is 56.3 Å². The Labute approximate surface area is 253 Å². The van der Waals surface area contributed by atoms with E-state index >= 15 is 0 Å². The predicted octanol–water partition coefficient (Wildman–Crippen LogP) is 0.838. The van der Waals surface area contributed by atoms with Crippen LogP contribution in [0.5, 0.6) is 0 Å². The molecule has 12 nitrogen and oxygen atoms in total. The highest BCUT2D eigenvalue weighted by Crippen LogP contribution is 2.19. The minimum atomic E-state index is -1.23.